The summed E-state index contributed by atoms with van der Waals surface area (Å²) in [5, 5.41) is 4.91. The number of amides is 2. The number of aryl methyl sites for hydroxylation is 2. The number of carbonyl (C=O) groups excluding carboxylic acids is 2. The van der Waals surface area contributed by atoms with Gasteiger partial charge in [-0.15, -0.1) is 11.8 Å². The topological polar surface area (TPSA) is 76.9 Å². The summed E-state index contributed by atoms with van der Waals surface area (Å²) in [6.07, 6.45) is 1.97. The monoisotopic (exact) mass is 596 g/mol. The Kier molecular flexibility index (Phi) is 8.17. The zero-order valence-corrected chi connectivity index (χ0v) is 25.8. The van der Waals surface area contributed by atoms with Crippen molar-refractivity contribution in [1.82, 2.24) is 14.7 Å². The second kappa shape index (κ2) is 12.2. The van der Waals surface area contributed by atoms with Gasteiger partial charge >= 0.3 is 0 Å². The van der Waals surface area contributed by atoms with Crippen LogP contribution in [0, 0.1) is 13.8 Å². The van der Waals surface area contributed by atoms with Gasteiger partial charge in [-0.25, -0.2) is 4.68 Å². The third-order valence-corrected chi connectivity index (χ3v) is 9.42. The lowest BCUT2D eigenvalue weighted by Crippen LogP contribution is -2.43. The molecule has 2 aliphatic rings. The summed E-state index contributed by atoms with van der Waals surface area (Å²) in [4.78, 5) is 31.2. The number of rotatable bonds is 7. The van der Waals surface area contributed by atoms with Crippen LogP contribution in [0.4, 0.5) is 5.82 Å². The fourth-order valence-electron chi connectivity index (χ4n) is 6.03. The molecule has 2 amide bonds. The molecule has 1 saturated heterocycles. The quantitative estimate of drug-likeness (QED) is 0.262. The van der Waals surface area contributed by atoms with Crippen LogP contribution >= 0.6 is 11.8 Å². The molecule has 1 aromatic heterocycles. The highest BCUT2D eigenvalue weighted by atomic mass is 32.2. The number of nitrogens with zero attached hydrogens (tertiary/aromatic N) is 4. The first-order valence-corrected chi connectivity index (χ1v) is 15.6. The third-order valence-electron chi connectivity index (χ3n) is 8.19. The molecule has 0 saturated carbocycles. The number of thioether (sulfide) groups is 1. The summed E-state index contributed by atoms with van der Waals surface area (Å²) in [7, 11) is 3.29. The molecule has 8 nitrogen and oxygen atoms in total. The van der Waals surface area contributed by atoms with E-state index in [4.69, 9.17) is 14.6 Å². The van der Waals surface area contributed by atoms with Crippen molar-refractivity contribution in [3.8, 4) is 28.4 Å². The van der Waals surface area contributed by atoms with E-state index in [1.807, 2.05) is 77.2 Å². The van der Waals surface area contributed by atoms with Gasteiger partial charge in [-0.05, 0) is 56.5 Å². The van der Waals surface area contributed by atoms with Crippen LogP contribution < -0.4 is 14.4 Å². The van der Waals surface area contributed by atoms with Gasteiger partial charge in [0.05, 0.1) is 36.6 Å². The summed E-state index contributed by atoms with van der Waals surface area (Å²) < 4.78 is 13.3. The molecular weight excluding hydrogens is 560 g/mol. The number of methoxy groups -OCH3 is 2. The molecule has 1 atom stereocenters. The fraction of sp³-hybridized carbons (Fsp3) is 0.324. The first-order chi connectivity index (χ1) is 20.9. The lowest BCUT2D eigenvalue weighted by atomic mass is 9.98. The van der Waals surface area contributed by atoms with E-state index in [1.54, 1.807) is 19.1 Å². The normalized spacial score (nSPS) is 16.7. The van der Waals surface area contributed by atoms with Gasteiger partial charge in [-0.1, -0.05) is 48.0 Å². The Hall–Kier alpha value is -4.24. The Morgan fingerprint density at radius 1 is 0.977 bits per heavy atom. The molecule has 0 N–H and O–H groups in total. The zero-order valence-electron chi connectivity index (χ0n) is 25.0. The Morgan fingerprint density at radius 3 is 2.44 bits per heavy atom. The highest BCUT2D eigenvalue weighted by molar-refractivity contribution is 8.00. The molecular formula is C34H36N4O4S. The number of likely N-dealkylation sites (tertiary alicyclic amines) is 1. The maximum absolute atomic E-state index is 14.1. The number of anilines is 1. The molecule has 222 valence electrons. The molecule has 1 fully saturated rings. The van der Waals surface area contributed by atoms with Gasteiger partial charge in [0.2, 0.25) is 11.8 Å². The van der Waals surface area contributed by atoms with Crippen LogP contribution in [-0.4, -0.2) is 66.1 Å². The van der Waals surface area contributed by atoms with Crippen molar-refractivity contribution >= 4 is 29.4 Å². The summed E-state index contributed by atoms with van der Waals surface area (Å²) in [5.41, 5.74) is 6.44. The number of fused-ring (bicyclic) bond motifs is 1. The van der Waals surface area contributed by atoms with Crippen molar-refractivity contribution in [2.75, 3.05) is 44.5 Å². The van der Waals surface area contributed by atoms with E-state index in [9.17, 15) is 9.59 Å². The Balaban J connectivity index is 1.65. The first kappa shape index (κ1) is 28.9. The molecule has 3 aromatic carbocycles. The number of benzene rings is 3. The molecule has 9 heteroatoms. The van der Waals surface area contributed by atoms with Crippen LogP contribution in [0.5, 0.6) is 11.5 Å². The number of hydrogen-bond donors (Lipinski definition) is 0. The van der Waals surface area contributed by atoms with E-state index in [0.717, 1.165) is 65.1 Å². The second-order valence-electron chi connectivity index (χ2n) is 11.0. The lowest BCUT2D eigenvalue weighted by molar-refractivity contribution is -0.130. The van der Waals surface area contributed by atoms with Crippen molar-refractivity contribution in [3.05, 3.63) is 89.0 Å². The minimum absolute atomic E-state index is 0.0425. The van der Waals surface area contributed by atoms with Crippen molar-refractivity contribution in [2.24, 2.45) is 0 Å². The minimum Gasteiger partial charge on any atom is -0.497 e. The summed E-state index contributed by atoms with van der Waals surface area (Å²) in [5.74, 6) is 2.01. The van der Waals surface area contributed by atoms with Crippen molar-refractivity contribution in [1.29, 1.82) is 0 Å². The standard InChI is InChI=1S/C34H36N4O4S/c1-22-12-14-27(23(2)18-22)38-34-31(32(35-38)24-10-6-5-7-11-24)33(26-19-25(41-3)13-15-28(26)42-4)43-21-30(40)37(34)20-29(39)36-16-8-9-17-36/h5-7,10-15,18-19,33H,8-9,16-17,20-21H2,1-4H3/t33-/m1/s1. The van der Waals surface area contributed by atoms with Crippen LogP contribution in [0.15, 0.2) is 66.7 Å². The van der Waals surface area contributed by atoms with E-state index in [1.165, 1.54) is 11.8 Å². The van der Waals surface area contributed by atoms with Gasteiger partial charge in [0.15, 0.2) is 0 Å². The Morgan fingerprint density at radius 2 is 1.74 bits per heavy atom. The van der Waals surface area contributed by atoms with E-state index in [2.05, 4.69) is 13.0 Å². The average Bonchev–Trinajstić information content (AvgIpc) is 3.67. The summed E-state index contributed by atoms with van der Waals surface area (Å²) >= 11 is 1.52. The SMILES string of the molecule is COc1ccc(OC)c([C@H]2SCC(=O)N(CC(=O)N3CCCC3)c3c2c(-c2ccccc2)nn3-c2ccc(C)cc2C)c1. The fourth-order valence-corrected chi connectivity index (χ4v) is 7.24. The molecule has 43 heavy (non-hydrogen) atoms. The van der Waals surface area contributed by atoms with Gasteiger partial charge in [-0.2, -0.15) is 5.10 Å². The van der Waals surface area contributed by atoms with Crippen LogP contribution in [0.1, 0.15) is 40.3 Å². The Labute approximate surface area is 256 Å². The van der Waals surface area contributed by atoms with Crippen molar-refractivity contribution in [2.45, 2.75) is 31.9 Å². The predicted octanol–water partition coefficient (Wildman–Crippen LogP) is 5.96. The summed E-state index contributed by atoms with van der Waals surface area (Å²) in [6.45, 7) is 5.50. The lowest BCUT2D eigenvalue weighted by Gasteiger charge is -2.26. The molecule has 0 bridgehead atoms. The summed E-state index contributed by atoms with van der Waals surface area (Å²) in [6, 6.07) is 22.0. The molecule has 6 rings (SSSR count). The second-order valence-corrected chi connectivity index (χ2v) is 12.1. The van der Waals surface area contributed by atoms with E-state index in [-0.39, 0.29) is 29.4 Å². The van der Waals surface area contributed by atoms with Crippen LogP contribution in [0.25, 0.3) is 16.9 Å². The number of hydrogen-bond acceptors (Lipinski definition) is 6. The van der Waals surface area contributed by atoms with Crippen molar-refractivity contribution in [3.63, 3.8) is 0 Å². The minimum atomic E-state index is -0.328. The predicted molar refractivity (Wildman–Crippen MR) is 170 cm³/mol. The van der Waals surface area contributed by atoms with Gasteiger partial charge in [0.1, 0.15) is 23.9 Å². The molecule has 2 aliphatic heterocycles. The van der Waals surface area contributed by atoms with Gasteiger partial charge < -0.3 is 14.4 Å². The highest BCUT2D eigenvalue weighted by Crippen LogP contribution is 2.51. The number of aromatic nitrogens is 2. The smallest absolute Gasteiger partial charge is 0.242 e. The molecule has 0 spiro atoms. The third kappa shape index (κ3) is 5.49. The number of carbonyl (C=O) groups is 2. The van der Waals surface area contributed by atoms with E-state index >= 15 is 0 Å². The molecule has 4 aromatic rings. The van der Waals surface area contributed by atoms with E-state index in [0.29, 0.717) is 17.3 Å². The van der Waals surface area contributed by atoms with Crippen molar-refractivity contribution < 1.29 is 19.1 Å². The molecule has 0 aliphatic carbocycles. The largest absolute Gasteiger partial charge is 0.497 e. The molecule has 0 unspecified atom stereocenters. The molecule has 3 heterocycles. The maximum Gasteiger partial charge on any atom is 0.242 e. The van der Waals surface area contributed by atoms with Crippen LogP contribution in [0.3, 0.4) is 0 Å². The Bertz CT molecular complexity index is 1660. The average molecular weight is 597 g/mol. The number of ether oxygens (including phenoxy) is 2. The van der Waals surface area contributed by atoms with Gasteiger partial charge in [-0.3, -0.25) is 14.5 Å². The maximum atomic E-state index is 14.1. The van der Waals surface area contributed by atoms with Gasteiger partial charge in [0, 0.05) is 29.8 Å². The van der Waals surface area contributed by atoms with Gasteiger partial charge in [0.25, 0.3) is 0 Å². The van der Waals surface area contributed by atoms with Crippen LogP contribution in [-0.2, 0) is 9.59 Å². The first-order valence-electron chi connectivity index (χ1n) is 14.6. The van der Waals surface area contributed by atoms with E-state index < -0.39 is 0 Å². The highest BCUT2D eigenvalue weighted by Gasteiger charge is 2.39. The molecule has 0 radical (unpaired) electrons. The zero-order chi connectivity index (χ0) is 30.1. The van der Waals surface area contributed by atoms with Crippen LogP contribution in [0.2, 0.25) is 0 Å².